The lowest BCUT2D eigenvalue weighted by Gasteiger charge is -2.41. The molecule has 1 aromatic rings. The van der Waals surface area contributed by atoms with Gasteiger partial charge in [0.05, 0.1) is 5.69 Å². The van der Waals surface area contributed by atoms with Crippen LogP contribution in [0.4, 0.5) is 5.69 Å². The van der Waals surface area contributed by atoms with E-state index in [1.54, 1.807) is 0 Å². The van der Waals surface area contributed by atoms with Gasteiger partial charge in [-0.05, 0) is 50.2 Å². The number of fused-ring (bicyclic) bond motifs is 1. The molecule has 0 amide bonds. The van der Waals surface area contributed by atoms with Gasteiger partial charge in [0.15, 0.2) is 0 Å². The molecule has 3 heteroatoms. The Balaban J connectivity index is 2.03. The number of aryl methyl sites for hydroxylation is 1. The van der Waals surface area contributed by atoms with Gasteiger partial charge < -0.3 is 10.6 Å². The van der Waals surface area contributed by atoms with Crippen molar-refractivity contribution in [3.05, 3.63) is 29.3 Å². The van der Waals surface area contributed by atoms with Crippen molar-refractivity contribution in [2.24, 2.45) is 11.7 Å². The number of nitrogens with zero attached hydrogens (tertiary/aromatic N) is 1. The quantitative estimate of drug-likeness (QED) is 0.632. The van der Waals surface area contributed by atoms with Gasteiger partial charge in [-0.2, -0.15) is 0 Å². The molecule has 1 saturated heterocycles. The summed E-state index contributed by atoms with van der Waals surface area (Å²) in [4.78, 5) is 2.55. The molecule has 19 heavy (non-hydrogen) atoms. The first kappa shape index (κ1) is 12.5. The van der Waals surface area contributed by atoms with E-state index in [2.05, 4.69) is 17.9 Å². The number of benzene rings is 1. The third-order valence-corrected chi connectivity index (χ3v) is 4.81. The minimum Gasteiger partial charge on any atom is -0.384 e. The molecule has 1 aliphatic heterocycles. The van der Waals surface area contributed by atoms with Crippen molar-refractivity contribution in [2.75, 3.05) is 11.4 Å². The summed E-state index contributed by atoms with van der Waals surface area (Å²) in [5, 5.41) is 7.83. The van der Waals surface area contributed by atoms with Crippen LogP contribution in [-0.4, -0.2) is 18.4 Å². The minimum atomic E-state index is 0.193. The lowest BCUT2D eigenvalue weighted by atomic mass is 9.90. The molecule has 0 radical (unpaired) electrons. The highest BCUT2D eigenvalue weighted by molar-refractivity contribution is 6.01. The summed E-state index contributed by atoms with van der Waals surface area (Å²) < 4.78 is 0. The second-order valence-electron chi connectivity index (χ2n) is 5.98. The molecular formula is C16H23N3. The monoisotopic (exact) mass is 257 g/mol. The zero-order valence-electron chi connectivity index (χ0n) is 11.7. The van der Waals surface area contributed by atoms with Crippen molar-refractivity contribution in [1.29, 1.82) is 5.41 Å². The molecule has 1 heterocycles. The predicted molar refractivity (Wildman–Crippen MR) is 79.9 cm³/mol. The Morgan fingerprint density at radius 2 is 2.05 bits per heavy atom. The first-order valence-corrected chi connectivity index (χ1v) is 7.39. The van der Waals surface area contributed by atoms with Crippen molar-refractivity contribution in [3.63, 3.8) is 0 Å². The van der Waals surface area contributed by atoms with Crippen molar-refractivity contribution in [1.82, 2.24) is 0 Å². The van der Waals surface area contributed by atoms with Gasteiger partial charge in [-0.3, -0.25) is 5.41 Å². The van der Waals surface area contributed by atoms with E-state index in [0.29, 0.717) is 6.04 Å². The van der Waals surface area contributed by atoms with Gasteiger partial charge >= 0.3 is 0 Å². The molecule has 2 fully saturated rings. The normalized spacial score (nSPS) is 26.3. The van der Waals surface area contributed by atoms with Crippen molar-refractivity contribution >= 4 is 11.5 Å². The zero-order chi connectivity index (χ0) is 13.4. The Labute approximate surface area is 115 Å². The van der Waals surface area contributed by atoms with Crippen molar-refractivity contribution < 1.29 is 0 Å². The minimum absolute atomic E-state index is 0.193. The number of hydrogen-bond donors (Lipinski definition) is 2. The van der Waals surface area contributed by atoms with Crippen LogP contribution in [0.15, 0.2) is 18.2 Å². The number of piperidine rings is 1. The van der Waals surface area contributed by atoms with Gasteiger partial charge in [-0.25, -0.2) is 0 Å². The third-order valence-electron chi connectivity index (χ3n) is 4.81. The number of anilines is 1. The number of amidine groups is 1. The molecule has 1 aromatic carbocycles. The van der Waals surface area contributed by atoms with Crippen molar-refractivity contribution in [3.8, 4) is 0 Å². The van der Waals surface area contributed by atoms with Gasteiger partial charge in [0.25, 0.3) is 0 Å². The van der Waals surface area contributed by atoms with E-state index in [1.807, 2.05) is 12.1 Å². The number of nitrogens with two attached hydrogens (primary N) is 1. The maximum atomic E-state index is 7.83. The number of rotatable bonds is 2. The maximum absolute atomic E-state index is 7.83. The zero-order valence-corrected chi connectivity index (χ0v) is 11.7. The van der Waals surface area contributed by atoms with Crippen LogP contribution in [0.2, 0.25) is 0 Å². The summed E-state index contributed by atoms with van der Waals surface area (Å²) in [6.07, 6.45) is 6.68. The fraction of sp³-hybridized carbons (Fsp3) is 0.562. The van der Waals surface area contributed by atoms with Gasteiger partial charge in [0, 0.05) is 18.2 Å². The summed E-state index contributed by atoms with van der Waals surface area (Å²) in [5.74, 6) is 1.05. The molecule has 0 spiro atoms. The summed E-state index contributed by atoms with van der Waals surface area (Å²) in [7, 11) is 0. The molecule has 1 saturated carbocycles. The highest BCUT2D eigenvalue weighted by atomic mass is 15.2. The van der Waals surface area contributed by atoms with Crippen LogP contribution in [0, 0.1) is 18.3 Å². The summed E-state index contributed by atoms with van der Waals surface area (Å²) in [6.45, 7) is 3.26. The molecule has 2 atom stereocenters. The number of nitrogen functional groups attached to an aromatic ring is 1. The molecule has 2 unspecified atom stereocenters. The molecule has 0 bridgehead atoms. The highest BCUT2D eigenvalue weighted by Gasteiger charge is 2.36. The molecule has 3 rings (SSSR count). The van der Waals surface area contributed by atoms with Crippen LogP contribution in [0.1, 0.15) is 43.2 Å². The standard InChI is InChI=1S/C16H23N3/c1-11-5-2-8-13(16(17)18)15(11)19-10-4-7-12-6-3-9-14(12)19/h2,5,8,12,14H,3-4,6-7,9-10H2,1H3,(H3,17,18). The fourth-order valence-electron chi connectivity index (χ4n) is 3.99. The highest BCUT2D eigenvalue weighted by Crippen LogP contribution is 2.41. The Bertz CT molecular complexity index is 495. The van der Waals surface area contributed by atoms with Gasteiger partial charge in [0.1, 0.15) is 5.84 Å². The van der Waals surface area contributed by atoms with Gasteiger partial charge in [-0.15, -0.1) is 0 Å². The second kappa shape index (κ2) is 4.87. The topological polar surface area (TPSA) is 53.1 Å². The Morgan fingerprint density at radius 1 is 1.26 bits per heavy atom. The molecule has 0 aromatic heterocycles. The second-order valence-corrected chi connectivity index (χ2v) is 5.98. The molecule has 102 valence electrons. The van der Waals surface area contributed by atoms with Crippen LogP contribution in [-0.2, 0) is 0 Å². The van der Waals surface area contributed by atoms with E-state index in [-0.39, 0.29) is 5.84 Å². The largest absolute Gasteiger partial charge is 0.384 e. The first-order chi connectivity index (χ1) is 9.18. The summed E-state index contributed by atoms with van der Waals surface area (Å²) in [5.41, 5.74) is 9.16. The molecule has 3 N–H and O–H groups in total. The maximum Gasteiger partial charge on any atom is 0.124 e. The predicted octanol–water partition coefficient (Wildman–Crippen LogP) is 3.05. The van der Waals surface area contributed by atoms with Crippen LogP contribution < -0.4 is 10.6 Å². The number of hydrogen-bond acceptors (Lipinski definition) is 2. The number of para-hydroxylation sites is 1. The van der Waals surface area contributed by atoms with E-state index in [4.69, 9.17) is 11.1 Å². The summed E-state index contributed by atoms with van der Waals surface area (Å²) >= 11 is 0. The summed E-state index contributed by atoms with van der Waals surface area (Å²) in [6, 6.07) is 6.81. The van der Waals surface area contributed by atoms with E-state index in [0.717, 1.165) is 18.0 Å². The average Bonchev–Trinajstić information content (AvgIpc) is 2.86. The Hall–Kier alpha value is -1.51. The molecular weight excluding hydrogens is 234 g/mol. The lowest BCUT2D eigenvalue weighted by molar-refractivity contribution is 0.362. The van der Waals surface area contributed by atoms with Gasteiger partial charge in [-0.1, -0.05) is 18.6 Å². The van der Waals surface area contributed by atoms with Gasteiger partial charge in [0.2, 0.25) is 0 Å². The smallest absolute Gasteiger partial charge is 0.124 e. The van der Waals surface area contributed by atoms with Crippen LogP contribution >= 0.6 is 0 Å². The number of nitrogens with one attached hydrogen (secondary N) is 1. The molecule has 1 aliphatic carbocycles. The van der Waals surface area contributed by atoms with E-state index in [1.165, 1.54) is 43.4 Å². The SMILES string of the molecule is Cc1cccc(C(=N)N)c1N1CCCC2CCCC21. The van der Waals surface area contributed by atoms with Crippen molar-refractivity contribution in [2.45, 2.75) is 45.1 Å². The van der Waals surface area contributed by atoms with E-state index in [9.17, 15) is 0 Å². The first-order valence-electron chi connectivity index (χ1n) is 7.39. The molecule has 3 nitrogen and oxygen atoms in total. The third kappa shape index (κ3) is 2.11. The fourth-order valence-corrected chi connectivity index (χ4v) is 3.99. The van der Waals surface area contributed by atoms with Crippen LogP contribution in [0.5, 0.6) is 0 Å². The van der Waals surface area contributed by atoms with E-state index >= 15 is 0 Å². The Kier molecular flexibility index (Phi) is 3.21. The molecule has 2 aliphatic rings. The Morgan fingerprint density at radius 3 is 2.84 bits per heavy atom. The lowest BCUT2D eigenvalue weighted by Crippen LogP contribution is -2.44. The average molecular weight is 257 g/mol. The van der Waals surface area contributed by atoms with Crippen LogP contribution in [0.25, 0.3) is 0 Å². The van der Waals surface area contributed by atoms with E-state index < -0.39 is 0 Å². The van der Waals surface area contributed by atoms with Crippen LogP contribution in [0.3, 0.4) is 0 Å².